The van der Waals surface area contributed by atoms with Gasteiger partial charge in [-0.15, -0.1) is 11.3 Å². The predicted octanol–water partition coefficient (Wildman–Crippen LogP) is 5.79. The monoisotopic (exact) mass is 501 g/mol. The van der Waals surface area contributed by atoms with Crippen LogP contribution in [0.25, 0.3) is 20.4 Å². The Balaban J connectivity index is 1.54. The minimum atomic E-state index is -0.0999. The van der Waals surface area contributed by atoms with E-state index in [-0.39, 0.29) is 23.0 Å². The zero-order valence-electron chi connectivity index (χ0n) is 19.3. The summed E-state index contributed by atoms with van der Waals surface area (Å²) in [6.45, 7) is 2.55. The summed E-state index contributed by atoms with van der Waals surface area (Å²) in [5.74, 6) is 0.827. The summed E-state index contributed by atoms with van der Waals surface area (Å²) in [5.41, 5.74) is 2.25. The lowest BCUT2D eigenvalue weighted by Gasteiger charge is -2.17. The van der Waals surface area contributed by atoms with Crippen LogP contribution >= 0.6 is 23.1 Å². The number of hydrogen-bond donors (Lipinski definition) is 0. The molecule has 0 saturated carbocycles. The van der Waals surface area contributed by atoms with Crippen LogP contribution in [0.1, 0.15) is 28.8 Å². The van der Waals surface area contributed by atoms with Gasteiger partial charge < -0.3 is 4.74 Å². The Kier molecular flexibility index (Phi) is 6.66. The molecule has 0 aliphatic rings. The van der Waals surface area contributed by atoms with E-state index in [4.69, 9.17) is 9.72 Å². The fraction of sp³-hybridized carbons (Fsp3) is 0.185. The molecule has 1 unspecified atom stereocenters. The first-order chi connectivity index (χ1) is 17.0. The highest BCUT2D eigenvalue weighted by molar-refractivity contribution is 7.99. The van der Waals surface area contributed by atoms with E-state index in [0.29, 0.717) is 33.2 Å². The van der Waals surface area contributed by atoms with Gasteiger partial charge in [-0.2, -0.15) is 0 Å². The minimum absolute atomic E-state index is 0.0530. The minimum Gasteiger partial charge on any atom is -0.497 e. The van der Waals surface area contributed by atoms with Crippen LogP contribution in [0, 0.1) is 0 Å². The molecule has 35 heavy (non-hydrogen) atoms. The summed E-state index contributed by atoms with van der Waals surface area (Å²) in [6, 6.07) is 21.0. The van der Waals surface area contributed by atoms with E-state index in [1.54, 1.807) is 42.1 Å². The van der Waals surface area contributed by atoms with Gasteiger partial charge in [0.25, 0.3) is 5.56 Å². The molecule has 0 fully saturated rings. The van der Waals surface area contributed by atoms with Crippen molar-refractivity contribution in [1.29, 1.82) is 0 Å². The van der Waals surface area contributed by atoms with Crippen LogP contribution in [0.3, 0.4) is 0 Å². The largest absolute Gasteiger partial charge is 0.497 e. The molecule has 0 N–H and O–H groups in total. The zero-order chi connectivity index (χ0) is 24.4. The van der Waals surface area contributed by atoms with Gasteiger partial charge in [0.05, 0.1) is 18.4 Å². The van der Waals surface area contributed by atoms with Crippen LogP contribution in [-0.4, -0.2) is 33.2 Å². The molecular weight excluding hydrogens is 478 g/mol. The third-order valence-electron chi connectivity index (χ3n) is 5.87. The van der Waals surface area contributed by atoms with Crippen molar-refractivity contribution in [1.82, 2.24) is 14.5 Å². The molecule has 0 bridgehead atoms. The van der Waals surface area contributed by atoms with Gasteiger partial charge in [0.15, 0.2) is 10.9 Å². The van der Waals surface area contributed by atoms with Crippen molar-refractivity contribution in [2.75, 3.05) is 12.9 Å². The number of nitrogens with zero attached hydrogens (tertiary/aromatic N) is 3. The number of ketones is 1. The van der Waals surface area contributed by atoms with E-state index >= 15 is 0 Å². The van der Waals surface area contributed by atoms with Crippen LogP contribution < -0.4 is 10.3 Å². The second-order valence-electron chi connectivity index (χ2n) is 8.20. The number of hydrogen-bond acceptors (Lipinski definition) is 7. The van der Waals surface area contributed by atoms with Gasteiger partial charge in [-0.25, -0.2) is 9.97 Å². The second-order valence-corrected chi connectivity index (χ2v) is 10.1. The van der Waals surface area contributed by atoms with Gasteiger partial charge in [-0.05, 0) is 35.7 Å². The number of thiophene rings is 1. The van der Waals surface area contributed by atoms with Gasteiger partial charge in [0, 0.05) is 23.7 Å². The summed E-state index contributed by atoms with van der Waals surface area (Å²) >= 11 is 2.65. The van der Waals surface area contributed by atoms with Gasteiger partial charge in [-0.1, -0.05) is 61.2 Å². The summed E-state index contributed by atoms with van der Waals surface area (Å²) in [5, 5.41) is 1.39. The van der Waals surface area contributed by atoms with Crippen molar-refractivity contribution in [2.45, 2.75) is 24.5 Å². The number of methoxy groups -OCH3 is 1. The van der Waals surface area contributed by atoms with Crippen molar-refractivity contribution in [3.05, 3.63) is 94.4 Å². The van der Waals surface area contributed by atoms with Crippen LogP contribution in [0.2, 0.25) is 0 Å². The first-order valence-corrected chi connectivity index (χ1v) is 13.0. The van der Waals surface area contributed by atoms with Crippen molar-refractivity contribution in [3.63, 3.8) is 0 Å². The number of benzene rings is 2. The lowest BCUT2D eigenvalue weighted by atomic mass is 10.0. The van der Waals surface area contributed by atoms with Crippen molar-refractivity contribution < 1.29 is 9.53 Å². The maximum absolute atomic E-state index is 13.7. The average Bonchev–Trinajstić information content (AvgIpc) is 3.28. The number of rotatable bonds is 8. The fourth-order valence-corrected chi connectivity index (χ4v) is 5.91. The molecule has 0 amide bonds. The number of ether oxygens (including phenoxy) is 1. The highest BCUT2D eigenvalue weighted by atomic mass is 32.2. The number of carbonyl (C=O) groups is 1. The van der Waals surface area contributed by atoms with E-state index < -0.39 is 0 Å². The molecule has 3 aromatic heterocycles. The molecule has 0 radical (unpaired) electrons. The number of Topliss-reactive ketones (excluding diaryl/α,β-unsaturated/α-hetero) is 1. The predicted molar refractivity (Wildman–Crippen MR) is 142 cm³/mol. The van der Waals surface area contributed by atoms with Crippen LogP contribution in [0.4, 0.5) is 0 Å². The molecule has 2 aromatic carbocycles. The van der Waals surface area contributed by atoms with Crippen molar-refractivity contribution in [3.8, 4) is 5.75 Å². The Morgan fingerprint density at radius 2 is 1.94 bits per heavy atom. The van der Waals surface area contributed by atoms with E-state index in [1.165, 1.54) is 23.1 Å². The average molecular weight is 502 g/mol. The second kappa shape index (κ2) is 10.0. The Bertz CT molecular complexity index is 1580. The smallest absolute Gasteiger partial charge is 0.272 e. The number of fused-ring (bicyclic) bond motifs is 3. The Labute approximate surface area is 210 Å². The van der Waals surface area contributed by atoms with Gasteiger partial charge in [-0.3, -0.25) is 14.2 Å². The van der Waals surface area contributed by atoms with Crippen LogP contribution in [-0.2, 0) is 6.54 Å². The van der Waals surface area contributed by atoms with Crippen molar-refractivity contribution in [2.24, 2.45) is 0 Å². The molecule has 176 valence electrons. The maximum Gasteiger partial charge on any atom is 0.272 e. The SMILES string of the molecule is COc1cccc(C(=O)CSc2nc3c(sc4ncccc43)c(=O)n2CC(C)c2ccccc2)c1. The number of thioether (sulfide) groups is 1. The topological polar surface area (TPSA) is 74.1 Å². The summed E-state index contributed by atoms with van der Waals surface area (Å²) in [6.07, 6.45) is 1.72. The van der Waals surface area contributed by atoms with Crippen LogP contribution in [0.5, 0.6) is 5.75 Å². The molecule has 0 aliphatic heterocycles. The van der Waals surface area contributed by atoms with E-state index in [2.05, 4.69) is 24.0 Å². The normalized spacial score (nSPS) is 12.2. The Morgan fingerprint density at radius 3 is 2.74 bits per heavy atom. The standard InChI is InChI=1S/C27H23N3O3S2/c1-17(18-8-4-3-5-9-18)15-30-26(32)24-23(21-12-7-13-28-25(21)35-24)29-27(30)34-16-22(31)19-10-6-11-20(14-19)33-2/h3-14,17H,15-16H2,1-2H3. The van der Waals surface area contributed by atoms with E-state index in [1.807, 2.05) is 30.3 Å². The lowest BCUT2D eigenvalue weighted by molar-refractivity contribution is 0.102. The highest BCUT2D eigenvalue weighted by Gasteiger charge is 2.20. The Morgan fingerprint density at radius 1 is 1.11 bits per heavy atom. The van der Waals surface area contributed by atoms with Gasteiger partial charge >= 0.3 is 0 Å². The van der Waals surface area contributed by atoms with Gasteiger partial charge in [0.1, 0.15) is 15.3 Å². The summed E-state index contributed by atoms with van der Waals surface area (Å²) in [7, 11) is 1.57. The molecule has 0 aliphatic carbocycles. The number of pyridine rings is 1. The third-order valence-corrected chi connectivity index (χ3v) is 7.93. The lowest BCUT2D eigenvalue weighted by Crippen LogP contribution is -2.25. The number of carbonyl (C=O) groups excluding carboxylic acids is 1. The molecule has 6 nitrogen and oxygen atoms in total. The fourth-order valence-electron chi connectivity index (χ4n) is 3.98. The molecule has 5 rings (SSSR count). The molecule has 0 saturated heterocycles. The maximum atomic E-state index is 13.7. The summed E-state index contributed by atoms with van der Waals surface area (Å²) < 4.78 is 7.54. The molecular formula is C27H23N3O3S2. The molecule has 8 heteroatoms. The van der Waals surface area contributed by atoms with E-state index in [9.17, 15) is 9.59 Å². The molecule has 1 atom stereocenters. The summed E-state index contributed by atoms with van der Waals surface area (Å²) in [4.78, 5) is 36.7. The quantitative estimate of drug-likeness (QED) is 0.152. The molecule has 0 spiro atoms. The third kappa shape index (κ3) is 4.72. The van der Waals surface area contributed by atoms with Crippen LogP contribution in [0.15, 0.2) is 82.9 Å². The first kappa shape index (κ1) is 23.3. The molecule has 5 aromatic rings. The van der Waals surface area contributed by atoms with Crippen molar-refractivity contribution >= 4 is 49.3 Å². The number of aromatic nitrogens is 3. The zero-order valence-corrected chi connectivity index (χ0v) is 20.9. The first-order valence-electron chi connectivity index (χ1n) is 11.2. The van der Waals surface area contributed by atoms with Gasteiger partial charge in [0.2, 0.25) is 0 Å². The van der Waals surface area contributed by atoms with E-state index in [0.717, 1.165) is 15.8 Å². The molecule has 3 heterocycles. The highest BCUT2D eigenvalue weighted by Crippen LogP contribution is 2.31. The Hall–Kier alpha value is -3.49.